The molecule has 0 saturated carbocycles. The van der Waals surface area contributed by atoms with Gasteiger partial charge in [-0.1, -0.05) is 42.5 Å². The summed E-state index contributed by atoms with van der Waals surface area (Å²) in [4.78, 5) is 19.5. The van der Waals surface area contributed by atoms with Crippen LogP contribution in [0.2, 0.25) is 0 Å². The Kier molecular flexibility index (Phi) is 4.71. The van der Waals surface area contributed by atoms with Gasteiger partial charge in [-0.15, -0.1) is 0 Å². The molecule has 1 aromatic heterocycles. The van der Waals surface area contributed by atoms with E-state index in [0.29, 0.717) is 19.1 Å². The second-order valence-corrected chi connectivity index (χ2v) is 6.77. The summed E-state index contributed by atoms with van der Waals surface area (Å²) in [7, 11) is 1.65. The summed E-state index contributed by atoms with van der Waals surface area (Å²) in [6.45, 7) is 2.30. The van der Waals surface area contributed by atoms with Crippen molar-refractivity contribution < 1.29 is 9.53 Å². The highest BCUT2D eigenvalue weighted by molar-refractivity contribution is 5.81. The van der Waals surface area contributed by atoms with Crippen molar-refractivity contribution in [3.05, 3.63) is 66.0 Å². The summed E-state index contributed by atoms with van der Waals surface area (Å²) in [6.07, 6.45) is 1.02. The molecule has 1 atom stereocenters. The highest BCUT2D eigenvalue weighted by Gasteiger charge is 2.28. The zero-order valence-electron chi connectivity index (χ0n) is 15.0. The lowest BCUT2D eigenvalue weighted by Crippen LogP contribution is -2.32. The van der Waals surface area contributed by atoms with Crippen molar-refractivity contribution in [2.24, 2.45) is 0 Å². The molecule has 5 heteroatoms. The summed E-state index contributed by atoms with van der Waals surface area (Å²) >= 11 is 0. The molecule has 26 heavy (non-hydrogen) atoms. The zero-order valence-corrected chi connectivity index (χ0v) is 15.0. The summed E-state index contributed by atoms with van der Waals surface area (Å²) in [5, 5.41) is 0. The molecule has 0 unspecified atom stereocenters. The molecule has 5 nitrogen and oxygen atoms in total. The average Bonchev–Trinajstić information content (AvgIpc) is 3.29. The zero-order chi connectivity index (χ0) is 17.9. The highest BCUT2D eigenvalue weighted by atomic mass is 16.5. The number of hydrogen-bond acceptors (Lipinski definition) is 3. The van der Waals surface area contributed by atoms with E-state index in [-0.39, 0.29) is 5.91 Å². The van der Waals surface area contributed by atoms with Crippen LogP contribution in [0.1, 0.15) is 23.7 Å². The first-order chi connectivity index (χ1) is 12.8. The predicted octanol–water partition coefficient (Wildman–Crippen LogP) is 3.20. The molecule has 1 saturated heterocycles. The molecule has 0 radical (unpaired) electrons. The molecule has 0 N–H and O–H groups in total. The van der Waals surface area contributed by atoms with E-state index in [4.69, 9.17) is 4.74 Å². The Balaban J connectivity index is 1.52. The third-order valence-corrected chi connectivity index (χ3v) is 5.11. The number of rotatable bonds is 5. The van der Waals surface area contributed by atoms with Gasteiger partial charge in [-0.25, -0.2) is 4.98 Å². The number of benzene rings is 2. The van der Waals surface area contributed by atoms with Gasteiger partial charge in [0.1, 0.15) is 19.0 Å². The second-order valence-electron chi connectivity index (χ2n) is 6.77. The molecule has 2 aromatic carbocycles. The predicted molar refractivity (Wildman–Crippen MR) is 101 cm³/mol. The lowest BCUT2D eigenvalue weighted by Gasteiger charge is -2.18. The van der Waals surface area contributed by atoms with Gasteiger partial charge in [0, 0.05) is 26.1 Å². The van der Waals surface area contributed by atoms with E-state index in [0.717, 1.165) is 36.4 Å². The fraction of sp³-hybridized carbons (Fsp3) is 0.333. The molecule has 1 aliphatic heterocycles. The highest BCUT2D eigenvalue weighted by Crippen LogP contribution is 2.27. The van der Waals surface area contributed by atoms with Crippen molar-refractivity contribution >= 4 is 16.9 Å². The number of methoxy groups -OCH3 is 1. The summed E-state index contributed by atoms with van der Waals surface area (Å²) in [5.41, 5.74) is 3.19. The Hall–Kier alpha value is -2.66. The topological polar surface area (TPSA) is 47.4 Å². The Morgan fingerprint density at radius 1 is 1.15 bits per heavy atom. The quantitative estimate of drug-likeness (QED) is 0.711. The maximum atomic E-state index is 12.9. The number of para-hydroxylation sites is 2. The van der Waals surface area contributed by atoms with Gasteiger partial charge < -0.3 is 14.2 Å². The number of carbonyl (C=O) groups is 1. The number of imidazole rings is 1. The number of amides is 1. The fourth-order valence-electron chi connectivity index (χ4n) is 3.76. The third-order valence-electron chi connectivity index (χ3n) is 5.11. The molecule has 4 rings (SSSR count). The summed E-state index contributed by atoms with van der Waals surface area (Å²) < 4.78 is 7.25. The van der Waals surface area contributed by atoms with E-state index in [1.807, 2.05) is 39.8 Å². The molecule has 1 amide bonds. The molecule has 3 aromatic rings. The van der Waals surface area contributed by atoms with Gasteiger partial charge in [0.15, 0.2) is 0 Å². The Labute approximate surface area is 153 Å². The third kappa shape index (κ3) is 3.22. The van der Waals surface area contributed by atoms with Crippen LogP contribution >= 0.6 is 0 Å². The van der Waals surface area contributed by atoms with Crippen molar-refractivity contribution in [2.75, 3.05) is 20.2 Å². The van der Waals surface area contributed by atoms with E-state index in [1.165, 1.54) is 5.56 Å². The lowest BCUT2D eigenvalue weighted by molar-refractivity contribution is -0.130. The smallest absolute Gasteiger partial charge is 0.242 e. The van der Waals surface area contributed by atoms with Gasteiger partial charge in [-0.2, -0.15) is 0 Å². The van der Waals surface area contributed by atoms with Crippen LogP contribution in [0.4, 0.5) is 0 Å². The number of fused-ring (bicyclic) bond motifs is 1. The molecule has 134 valence electrons. The molecular formula is C21H23N3O2. The first-order valence-electron chi connectivity index (χ1n) is 9.02. The molecule has 0 aliphatic carbocycles. The van der Waals surface area contributed by atoms with Gasteiger partial charge in [-0.3, -0.25) is 4.79 Å². The van der Waals surface area contributed by atoms with Gasteiger partial charge >= 0.3 is 0 Å². The monoisotopic (exact) mass is 349 g/mol. The first kappa shape index (κ1) is 16.8. The fourth-order valence-corrected chi connectivity index (χ4v) is 3.76. The van der Waals surface area contributed by atoms with Crippen LogP contribution < -0.4 is 0 Å². The first-order valence-corrected chi connectivity index (χ1v) is 9.02. The maximum Gasteiger partial charge on any atom is 0.242 e. The number of aromatic nitrogens is 2. The Morgan fingerprint density at radius 2 is 1.92 bits per heavy atom. The van der Waals surface area contributed by atoms with Gasteiger partial charge in [0.2, 0.25) is 5.91 Å². The summed E-state index contributed by atoms with van der Waals surface area (Å²) in [5.74, 6) is 1.36. The Morgan fingerprint density at radius 3 is 2.73 bits per heavy atom. The van der Waals surface area contributed by atoms with Crippen molar-refractivity contribution in [3.8, 4) is 0 Å². The van der Waals surface area contributed by atoms with E-state index in [2.05, 4.69) is 29.2 Å². The number of likely N-dealkylation sites (tertiary alicyclic amines) is 1. The number of ether oxygens (including phenoxy) is 1. The molecule has 0 bridgehead atoms. The largest absolute Gasteiger partial charge is 0.377 e. The number of nitrogens with zero attached hydrogens (tertiary/aromatic N) is 3. The SMILES string of the molecule is COCc1nc2ccccc2n1CC(=O)N1CC[C@H](c2ccccc2)C1. The molecule has 1 aliphatic rings. The minimum atomic E-state index is 0.143. The van der Waals surface area contributed by atoms with Crippen LogP contribution in [0.25, 0.3) is 11.0 Å². The van der Waals surface area contributed by atoms with Crippen LogP contribution in [0.5, 0.6) is 0 Å². The van der Waals surface area contributed by atoms with Crippen LogP contribution in [-0.2, 0) is 22.7 Å². The second kappa shape index (κ2) is 7.30. The van der Waals surface area contributed by atoms with E-state index in [9.17, 15) is 4.79 Å². The van der Waals surface area contributed by atoms with Crippen LogP contribution in [0, 0.1) is 0 Å². The average molecular weight is 349 g/mol. The van der Waals surface area contributed by atoms with E-state index >= 15 is 0 Å². The number of carbonyl (C=O) groups excluding carboxylic acids is 1. The van der Waals surface area contributed by atoms with Gasteiger partial charge in [-0.05, 0) is 24.1 Å². The van der Waals surface area contributed by atoms with Crippen molar-refractivity contribution in [1.82, 2.24) is 14.5 Å². The Bertz CT molecular complexity index is 904. The van der Waals surface area contributed by atoms with E-state index in [1.54, 1.807) is 7.11 Å². The van der Waals surface area contributed by atoms with Crippen LogP contribution in [-0.4, -0.2) is 40.6 Å². The standard InChI is InChI=1S/C21H23N3O2/c1-26-15-20-22-18-9-5-6-10-19(18)24(20)14-21(25)23-12-11-17(13-23)16-7-3-2-4-8-16/h2-10,17H,11-15H2,1H3/t17-/m0/s1. The number of hydrogen-bond donors (Lipinski definition) is 0. The normalized spacial score (nSPS) is 17.1. The van der Waals surface area contributed by atoms with Crippen LogP contribution in [0.15, 0.2) is 54.6 Å². The van der Waals surface area contributed by atoms with Crippen molar-refractivity contribution in [3.63, 3.8) is 0 Å². The minimum absolute atomic E-state index is 0.143. The maximum absolute atomic E-state index is 12.9. The van der Waals surface area contributed by atoms with E-state index < -0.39 is 0 Å². The van der Waals surface area contributed by atoms with Gasteiger partial charge in [0.25, 0.3) is 0 Å². The van der Waals surface area contributed by atoms with Crippen molar-refractivity contribution in [1.29, 1.82) is 0 Å². The molecule has 2 heterocycles. The summed E-state index contributed by atoms with van der Waals surface area (Å²) in [6, 6.07) is 18.4. The van der Waals surface area contributed by atoms with Crippen molar-refractivity contribution in [2.45, 2.75) is 25.5 Å². The molecule has 1 fully saturated rings. The minimum Gasteiger partial charge on any atom is -0.377 e. The van der Waals surface area contributed by atoms with Gasteiger partial charge in [0.05, 0.1) is 11.0 Å². The lowest BCUT2D eigenvalue weighted by atomic mass is 9.99. The van der Waals surface area contributed by atoms with Crippen LogP contribution in [0.3, 0.4) is 0 Å². The molecular weight excluding hydrogens is 326 g/mol. The molecule has 0 spiro atoms.